The zero-order valence-electron chi connectivity index (χ0n) is 9.31. The van der Waals surface area contributed by atoms with Crippen molar-refractivity contribution in [2.24, 2.45) is 0 Å². The van der Waals surface area contributed by atoms with Gasteiger partial charge in [0.05, 0.1) is 11.9 Å². The van der Waals surface area contributed by atoms with Gasteiger partial charge in [0.2, 0.25) is 0 Å². The van der Waals surface area contributed by atoms with Crippen LogP contribution >= 0.6 is 11.6 Å². The van der Waals surface area contributed by atoms with Crippen LogP contribution in [0.5, 0.6) is 0 Å². The predicted molar refractivity (Wildman–Crippen MR) is 65.5 cm³/mol. The summed E-state index contributed by atoms with van der Waals surface area (Å²) in [7, 11) is 0. The molecule has 0 atom stereocenters. The molecule has 0 bridgehead atoms. The molecule has 0 spiro atoms. The van der Waals surface area contributed by atoms with Crippen molar-refractivity contribution in [1.29, 1.82) is 0 Å². The summed E-state index contributed by atoms with van der Waals surface area (Å²) in [4.78, 5) is 16.0. The van der Waals surface area contributed by atoms with Crippen LogP contribution in [0.25, 0.3) is 22.4 Å². The average molecular weight is 279 g/mol. The lowest BCUT2D eigenvalue weighted by atomic mass is 10.1. The van der Waals surface area contributed by atoms with Crippen molar-refractivity contribution in [2.45, 2.75) is 0 Å². The van der Waals surface area contributed by atoms with Crippen molar-refractivity contribution in [1.82, 2.24) is 19.9 Å². The Balaban J connectivity index is 2.17. The SMILES string of the molecule is Fc1ccc(-c2cnc3c(Cl)ncnc3n2)cc1F. The zero-order chi connectivity index (χ0) is 13.4. The van der Waals surface area contributed by atoms with E-state index in [0.717, 1.165) is 12.1 Å². The first-order valence-corrected chi connectivity index (χ1v) is 5.61. The highest BCUT2D eigenvalue weighted by molar-refractivity contribution is 6.33. The molecule has 0 unspecified atom stereocenters. The van der Waals surface area contributed by atoms with Crippen LogP contribution in [-0.4, -0.2) is 19.9 Å². The molecule has 94 valence electrons. The predicted octanol–water partition coefficient (Wildman–Crippen LogP) is 3.02. The summed E-state index contributed by atoms with van der Waals surface area (Å²) < 4.78 is 26.0. The van der Waals surface area contributed by atoms with Gasteiger partial charge in [0.1, 0.15) is 11.8 Å². The van der Waals surface area contributed by atoms with Gasteiger partial charge in [-0.25, -0.2) is 28.7 Å². The summed E-state index contributed by atoms with van der Waals surface area (Å²) in [5, 5.41) is 0.189. The second-order valence-electron chi connectivity index (χ2n) is 3.72. The third kappa shape index (κ3) is 2.10. The minimum atomic E-state index is -0.944. The van der Waals surface area contributed by atoms with E-state index in [1.807, 2.05) is 0 Å². The van der Waals surface area contributed by atoms with Crippen molar-refractivity contribution in [2.75, 3.05) is 0 Å². The van der Waals surface area contributed by atoms with Gasteiger partial charge in [0, 0.05) is 5.56 Å². The second kappa shape index (κ2) is 4.47. The van der Waals surface area contributed by atoms with Crippen molar-refractivity contribution >= 4 is 22.8 Å². The van der Waals surface area contributed by atoms with E-state index in [9.17, 15) is 8.78 Å². The van der Waals surface area contributed by atoms with Gasteiger partial charge in [-0.05, 0) is 18.2 Å². The number of benzene rings is 1. The first kappa shape index (κ1) is 11.9. The normalized spacial score (nSPS) is 10.9. The number of halogens is 3. The maximum atomic E-state index is 13.2. The van der Waals surface area contributed by atoms with Crippen molar-refractivity contribution in [3.05, 3.63) is 47.5 Å². The van der Waals surface area contributed by atoms with Crippen LogP contribution in [0.15, 0.2) is 30.7 Å². The molecule has 0 saturated heterocycles. The molecule has 0 fully saturated rings. The molecule has 1 aromatic carbocycles. The third-order valence-electron chi connectivity index (χ3n) is 2.52. The standard InChI is InChI=1S/C12H5ClF2N4/c13-11-10-12(18-5-17-11)19-9(4-16-10)6-1-2-7(14)8(15)3-6/h1-5H. The Hall–Kier alpha value is -2.21. The fraction of sp³-hybridized carbons (Fsp3) is 0. The molecule has 19 heavy (non-hydrogen) atoms. The van der Waals surface area contributed by atoms with E-state index >= 15 is 0 Å². The molecular formula is C12H5ClF2N4. The number of aromatic nitrogens is 4. The summed E-state index contributed by atoms with van der Waals surface area (Å²) in [5.41, 5.74) is 1.43. The molecule has 0 radical (unpaired) electrons. The molecule has 3 rings (SSSR count). The van der Waals surface area contributed by atoms with Crippen LogP contribution in [0.3, 0.4) is 0 Å². The summed E-state index contributed by atoms with van der Waals surface area (Å²) in [6.07, 6.45) is 2.67. The molecule has 0 aliphatic carbocycles. The smallest absolute Gasteiger partial charge is 0.183 e. The summed E-state index contributed by atoms with van der Waals surface area (Å²) >= 11 is 5.84. The van der Waals surface area contributed by atoms with E-state index in [1.54, 1.807) is 0 Å². The van der Waals surface area contributed by atoms with Crippen LogP contribution < -0.4 is 0 Å². The van der Waals surface area contributed by atoms with E-state index in [-0.39, 0.29) is 5.15 Å². The van der Waals surface area contributed by atoms with E-state index in [4.69, 9.17) is 11.6 Å². The molecule has 2 aromatic heterocycles. The maximum Gasteiger partial charge on any atom is 0.183 e. The summed E-state index contributed by atoms with van der Waals surface area (Å²) in [5.74, 6) is -1.86. The van der Waals surface area contributed by atoms with Crippen LogP contribution in [-0.2, 0) is 0 Å². The van der Waals surface area contributed by atoms with Gasteiger partial charge in [-0.3, -0.25) is 0 Å². The van der Waals surface area contributed by atoms with E-state index < -0.39 is 11.6 Å². The number of rotatable bonds is 1. The Morgan fingerprint density at radius 3 is 2.63 bits per heavy atom. The molecule has 0 N–H and O–H groups in total. The lowest BCUT2D eigenvalue weighted by Crippen LogP contribution is -1.94. The minimum absolute atomic E-state index is 0.189. The van der Waals surface area contributed by atoms with Gasteiger partial charge in [0.15, 0.2) is 22.4 Å². The fourth-order valence-electron chi connectivity index (χ4n) is 1.60. The van der Waals surface area contributed by atoms with Gasteiger partial charge in [-0.1, -0.05) is 11.6 Å². The first-order valence-electron chi connectivity index (χ1n) is 5.24. The van der Waals surface area contributed by atoms with Crippen molar-refractivity contribution < 1.29 is 8.78 Å². The molecule has 0 amide bonds. The third-order valence-corrected chi connectivity index (χ3v) is 2.79. The second-order valence-corrected chi connectivity index (χ2v) is 4.08. The van der Waals surface area contributed by atoms with Crippen LogP contribution in [0.4, 0.5) is 8.78 Å². The topological polar surface area (TPSA) is 51.6 Å². The van der Waals surface area contributed by atoms with Crippen LogP contribution in [0.2, 0.25) is 5.15 Å². The Kier molecular flexibility index (Phi) is 2.79. The van der Waals surface area contributed by atoms with E-state index in [1.165, 1.54) is 18.6 Å². The Morgan fingerprint density at radius 2 is 1.84 bits per heavy atom. The molecule has 7 heteroatoms. The van der Waals surface area contributed by atoms with Gasteiger partial charge in [-0.15, -0.1) is 0 Å². The molecular weight excluding hydrogens is 274 g/mol. The molecule has 2 heterocycles. The highest BCUT2D eigenvalue weighted by Gasteiger charge is 2.09. The van der Waals surface area contributed by atoms with E-state index in [0.29, 0.717) is 22.4 Å². The summed E-state index contributed by atoms with van der Waals surface area (Å²) in [6.45, 7) is 0. The van der Waals surface area contributed by atoms with Gasteiger partial charge in [0.25, 0.3) is 0 Å². The number of nitrogens with zero attached hydrogens (tertiary/aromatic N) is 4. The lowest BCUT2D eigenvalue weighted by Gasteiger charge is -2.03. The Labute approximate surface area is 111 Å². The Bertz CT molecular complexity index is 779. The average Bonchev–Trinajstić information content (AvgIpc) is 2.42. The zero-order valence-corrected chi connectivity index (χ0v) is 10.1. The number of hydrogen-bond acceptors (Lipinski definition) is 4. The van der Waals surface area contributed by atoms with Gasteiger partial charge in [-0.2, -0.15) is 0 Å². The number of fused-ring (bicyclic) bond motifs is 1. The highest BCUT2D eigenvalue weighted by Crippen LogP contribution is 2.22. The van der Waals surface area contributed by atoms with Crippen LogP contribution in [0.1, 0.15) is 0 Å². The minimum Gasteiger partial charge on any atom is -0.247 e. The lowest BCUT2D eigenvalue weighted by molar-refractivity contribution is 0.509. The molecule has 0 aliphatic rings. The quantitative estimate of drug-likeness (QED) is 0.642. The van der Waals surface area contributed by atoms with Crippen molar-refractivity contribution in [3.63, 3.8) is 0 Å². The first-order chi connectivity index (χ1) is 9.15. The number of hydrogen-bond donors (Lipinski definition) is 0. The van der Waals surface area contributed by atoms with E-state index in [2.05, 4.69) is 19.9 Å². The monoisotopic (exact) mass is 278 g/mol. The van der Waals surface area contributed by atoms with Gasteiger partial charge < -0.3 is 0 Å². The molecule has 0 aliphatic heterocycles. The molecule has 3 aromatic rings. The van der Waals surface area contributed by atoms with Crippen molar-refractivity contribution in [3.8, 4) is 11.3 Å². The highest BCUT2D eigenvalue weighted by atomic mass is 35.5. The fourth-order valence-corrected chi connectivity index (χ4v) is 1.78. The molecule has 0 saturated carbocycles. The molecule has 4 nitrogen and oxygen atoms in total. The Morgan fingerprint density at radius 1 is 1.00 bits per heavy atom. The van der Waals surface area contributed by atoms with Crippen LogP contribution in [0, 0.1) is 11.6 Å². The largest absolute Gasteiger partial charge is 0.247 e. The maximum absolute atomic E-state index is 13.2. The van der Waals surface area contributed by atoms with Gasteiger partial charge >= 0.3 is 0 Å². The summed E-state index contributed by atoms with van der Waals surface area (Å²) in [6, 6.07) is 3.49.